The van der Waals surface area contributed by atoms with E-state index in [2.05, 4.69) is 27.4 Å². The van der Waals surface area contributed by atoms with Crippen LogP contribution in [0.5, 0.6) is 17.2 Å². The highest BCUT2D eigenvalue weighted by molar-refractivity contribution is 5.79. The van der Waals surface area contributed by atoms with Gasteiger partial charge in [0.15, 0.2) is 5.96 Å². The van der Waals surface area contributed by atoms with Crippen LogP contribution in [0.2, 0.25) is 0 Å². The molecule has 158 valence electrons. The van der Waals surface area contributed by atoms with E-state index >= 15 is 0 Å². The number of guanidine groups is 1. The highest BCUT2D eigenvalue weighted by Crippen LogP contribution is 2.33. The minimum absolute atomic E-state index is 0.541. The summed E-state index contributed by atoms with van der Waals surface area (Å²) in [6, 6.07) is 4.42. The second-order valence-electron chi connectivity index (χ2n) is 7.10. The maximum Gasteiger partial charge on any atom is 0.191 e. The van der Waals surface area contributed by atoms with Crippen molar-refractivity contribution in [1.82, 2.24) is 15.5 Å². The number of nitrogens with zero attached hydrogens (tertiary/aromatic N) is 2. The number of piperidine rings is 1. The number of rotatable bonds is 9. The summed E-state index contributed by atoms with van der Waals surface area (Å²) in [4.78, 5) is 6.91. The first kappa shape index (κ1) is 22.1. The van der Waals surface area contributed by atoms with Gasteiger partial charge in [0.2, 0.25) is 0 Å². The van der Waals surface area contributed by atoms with Gasteiger partial charge in [0.05, 0.1) is 33.4 Å². The Morgan fingerprint density at radius 1 is 1.11 bits per heavy atom. The second kappa shape index (κ2) is 11.6. The topological polar surface area (TPSA) is 67.4 Å². The molecule has 0 saturated carbocycles. The number of methoxy groups -OCH3 is 3. The largest absolute Gasteiger partial charge is 0.496 e. The summed E-state index contributed by atoms with van der Waals surface area (Å²) >= 11 is 0. The SMILES string of the molecule is CN=C(NCCCN1CCCCC1C)NCc1c(OC)cc(OC)cc1OC. The van der Waals surface area contributed by atoms with Gasteiger partial charge in [-0.1, -0.05) is 6.42 Å². The van der Waals surface area contributed by atoms with Crippen LogP contribution >= 0.6 is 0 Å². The van der Waals surface area contributed by atoms with Crippen LogP contribution in [-0.4, -0.2) is 64.9 Å². The zero-order chi connectivity index (χ0) is 20.4. The third-order valence-electron chi connectivity index (χ3n) is 5.33. The predicted molar refractivity (Wildman–Crippen MR) is 114 cm³/mol. The van der Waals surface area contributed by atoms with Gasteiger partial charge in [-0.15, -0.1) is 0 Å². The molecule has 28 heavy (non-hydrogen) atoms. The van der Waals surface area contributed by atoms with Crippen molar-refractivity contribution >= 4 is 5.96 Å². The summed E-state index contributed by atoms with van der Waals surface area (Å²) < 4.78 is 16.3. The fourth-order valence-corrected chi connectivity index (χ4v) is 3.62. The van der Waals surface area contributed by atoms with Crippen molar-refractivity contribution in [1.29, 1.82) is 0 Å². The molecule has 1 aromatic carbocycles. The molecule has 7 heteroatoms. The summed E-state index contributed by atoms with van der Waals surface area (Å²) in [6.45, 7) is 6.12. The molecule has 1 aromatic rings. The molecule has 0 aromatic heterocycles. The third-order valence-corrected chi connectivity index (χ3v) is 5.33. The van der Waals surface area contributed by atoms with Gasteiger partial charge in [-0.2, -0.15) is 0 Å². The Kier molecular flexibility index (Phi) is 9.20. The van der Waals surface area contributed by atoms with Gasteiger partial charge in [-0.3, -0.25) is 4.99 Å². The van der Waals surface area contributed by atoms with Crippen molar-refractivity contribution in [3.05, 3.63) is 17.7 Å². The van der Waals surface area contributed by atoms with Crippen molar-refractivity contribution in [3.8, 4) is 17.2 Å². The summed E-state index contributed by atoms with van der Waals surface area (Å²) in [5, 5.41) is 6.74. The Hall–Kier alpha value is -2.15. The zero-order valence-corrected chi connectivity index (χ0v) is 18.0. The first-order valence-corrected chi connectivity index (χ1v) is 10.1. The lowest BCUT2D eigenvalue weighted by molar-refractivity contribution is 0.159. The normalized spacial score (nSPS) is 17.9. The van der Waals surface area contributed by atoms with Crippen molar-refractivity contribution in [3.63, 3.8) is 0 Å². The Bertz CT molecular complexity index is 611. The van der Waals surface area contributed by atoms with E-state index in [0.717, 1.165) is 42.5 Å². The van der Waals surface area contributed by atoms with E-state index in [1.807, 2.05) is 12.1 Å². The lowest BCUT2D eigenvalue weighted by Crippen LogP contribution is -2.41. The van der Waals surface area contributed by atoms with E-state index in [4.69, 9.17) is 14.2 Å². The Balaban J connectivity index is 1.85. The molecular formula is C21H36N4O3. The van der Waals surface area contributed by atoms with Crippen LogP contribution in [-0.2, 0) is 6.54 Å². The average Bonchev–Trinajstić information content (AvgIpc) is 2.73. The number of likely N-dealkylation sites (tertiary alicyclic amines) is 1. The van der Waals surface area contributed by atoms with Crippen LogP contribution in [0, 0.1) is 0 Å². The molecule has 1 unspecified atom stereocenters. The molecule has 1 atom stereocenters. The number of hydrogen-bond acceptors (Lipinski definition) is 5. The smallest absolute Gasteiger partial charge is 0.191 e. The Labute approximate surface area is 169 Å². The van der Waals surface area contributed by atoms with Gasteiger partial charge in [0, 0.05) is 38.3 Å². The summed E-state index contributed by atoms with van der Waals surface area (Å²) in [7, 11) is 6.70. The summed E-state index contributed by atoms with van der Waals surface area (Å²) in [5.41, 5.74) is 0.927. The van der Waals surface area contributed by atoms with Crippen LogP contribution in [0.4, 0.5) is 0 Å². The van der Waals surface area contributed by atoms with Gasteiger partial charge in [0.25, 0.3) is 0 Å². The number of nitrogens with one attached hydrogen (secondary N) is 2. The van der Waals surface area contributed by atoms with Crippen molar-refractivity contribution < 1.29 is 14.2 Å². The van der Waals surface area contributed by atoms with Gasteiger partial charge in [0.1, 0.15) is 17.2 Å². The number of aliphatic imine (C=N–C) groups is 1. The summed E-state index contributed by atoms with van der Waals surface area (Å²) in [6.07, 6.45) is 5.11. The molecule has 0 spiro atoms. The number of ether oxygens (including phenoxy) is 3. The molecule has 1 heterocycles. The third kappa shape index (κ3) is 6.19. The standard InChI is InChI=1S/C21H36N4O3/c1-16-9-6-7-11-25(16)12-8-10-23-21(22-2)24-15-18-19(27-4)13-17(26-3)14-20(18)28-5/h13-14,16H,6-12,15H2,1-5H3,(H2,22,23,24). The fourth-order valence-electron chi connectivity index (χ4n) is 3.62. The molecule has 0 bridgehead atoms. The van der Waals surface area contributed by atoms with Crippen molar-refractivity contribution in [2.24, 2.45) is 4.99 Å². The molecule has 1 aliphatic rings. The molecule has 1 aliphatic heterocycles. The van der Waals surface area contributed by atoms with Gasteiger partial charge >= 0.3 is 0 Å². The average molecular weight is 393 g/mol. The predicted octanol–water partition coefficient (Wildman–Crippen LogP) is 2.64. The monoisotopic (exact) mass is 392 g/mol. The minimum Gasteiger partial charge on any atom is -0.496 e. The van der Waals surface area contributed by atoms with Crippen LogP contribution < -0.4 is 24.8 Å². The van der Waals surface area contributed by atoms with E-state index < -0.39 is 0 Å². The van der Waals surface area contributed by atoms with E-state index in [9.17, 15) is 0 Å². The Morgan fingerprint density at radius 3 is 2.39 bits per heavy atom. The highest BCUT2D eigenvalue weighted by Gasteiger charge is 2.17. The van der Waals surface area contributed by atoms with E-state index in [1.54, 1.807) is 28.4 Å². The minimum atomic E-state index is 0.541. The maximum absolute atomic E-state index is 5.51. The zero-order valence-electron chi connectivity index (χ0n) is 18.0. The van der Waals surface area contributed by atoms with Crippen LogP contribution in [0.1, 0.15) is 38.2 Å². The van der Waals surface area contributed by atoms with Gasteiger partial charge < -0.3 is 29.7 Å². The number of hydrogen-bond donors (Lipinski definition) is 2. The van der Waals surface area contributed by atoms with Crippen LogP contribution in [0.3, 0.4) is 0 Å². The van der Waals surface area contributed by atoms with Crippen molar-refractivity contribution in [2.75, 3.05) is 48.0 Å². The molecule has 0 radical (unpaired) electrons. The van der Waals surface area contributed by atoms with E-state index in [1.165, 1.54) is 25.8 Å². The fraction of sp³-hybridized carbons (Fsp3) is 0.667. The van der Waals surface area contributed by atoms with Crippen LogP contribution in [0.25, 0.3) is 0 Å². The lowest BCUT2D eigenvalue weighted by Gasteiger charge is -2.33. The number of benzene rings is 1. The van der Waals surface area contributed by atoms with E-state index in [0.29, 0.717) is 18.3 Å². The van der Waals surface area contributed by atoms with E-state index in [-0.39, 0.29) is 0 Å². The molecule has 7 nitrogen and oxygen atoms in total. The van der Waals surface area contributed by atoms with Gasteiger partial charge in [-0.05, 0) is 32.7 Å². The molecule has 2 rings (SSSR count). The molecule has 0 aliphatic carbocycles. The molecular weight excluding hydrogens is 356 g/mol. The molecule has 1 saturated heterocycles. The first-order chi connectivity index (χ1) is 13.6. The van der Waals surface area contributed by atoms with Crippen molar-refractivity contribution in [2.45, 2.75) is 45.2 Å². The molecule has 1 fully saturated rings. The second-order valence-corrected chi connectivity index (χ2v) is 7.10. The Morgan fingerprint density at radius 2 is 1.82 bits per heavy atom. The lowest BCUT2D eigenvalue weighted by atomic mass is 10.0. The van der Waals surface area contributed by atoms with Crippen LogP contribution in [0.15, 0.2) is 17.1 Å². The quantitative estimate of drug-likeness (QED) is 0.383. The molecule has 0 amide bonds. The molecule has 2 N–H and O–H groups in total. The highest BCUT2D eigenvalue weighted by atomic mass is 16.5. The van der Waals surface area contributed by atoms with Gasteiger partial charge in [-0.25, -0.2) is 0 Å². The maximum atomic E-state index is 5.51. The first-order valence-electron chi connectivity index (χ1n) is 10.1. The summed E-state index contributed by atoms with van der Waals surface area (Å²) in [5.74, 6) is 2.91.